The van der Waals surface area contributed by atoms with E-state index in [1.165, 1.54) is 0 Å². The van der Waals surface area contributed by atoms with Gasteiger partial charge in [-0.1, -0.05) is 13.8 Å². The van der Waals surface area contributed by atoms with Crippen LogP contribution < -0.4 is 5.32 Å². The number of hydrogen-bond acceptors (Lipinski definition) is 4. The Balaban J connectivity index is 1.83. The van der Waals surface area contributed by atoms with Crippen molar-refractivity contribution in [2.75, 3.05) is 5.32 Å². The van der Waals surface area contributed by atoms with Gasteiger partial charge in [-0.05, 0) is 37.5 Å². The number of nitrogens with one attached hydrogen (secondary N) is 1. The topological polar surface area (TPSA) is 92.2 Å². The number of aliphatic carboxylic acids is 1. The van der Waals surface area contributed by atoms with E-state index in [-0.39, 0.29) is 5.91 Å². The minimum atomic E-state index is -0.925. The van der Waals surface area contributed by atoms with E-state index in [4.69, 9.17) is 0 Å². The zero-order chi connectivity index (χ0) is 16.9. The highest BCUT2D eigenvalue weighted by Gasteiger charge is 2.65. The van der Waals surface area contributed by atoms with Crippen LogP contribution in [0.25, 0.3) is 11.0 Å². The van der Waals surface area contributed by atoms with Crippen molar-refractivity contribution >= 4 is 28.6 Å². The average molecular weight is 313 g/mol. The molecule has 2 N–H and O–H groups in total. The van der Waals surface area contributed by atoms with E-state index in [1.807, 2.05) is 13.8 Å². The Hall–Kier alpha value is -2.50. The van der Waals surface area contributed by atoms with Gasteiger partial charge in [0, 0.05) is 5.69 Å². The van der Waals surface area contributed by atoms with E-state index >= 15 is 0 Å². The fraction of sp³-hybridized carbons (Fsp3) is 0.412. The molecule has 120 valence electrons. The highest BCUT2D eigenvalue weighted by atomic mass is 16.4. The molecule has 0 aliphatic heterocycles. The summed E-state index contributed by atoms with van der Waals surface area (Å²) in [7, 11) is 0. The Bertz CT molecular complexity index is 829. The molecule has 2 atom stereocenters. The van der Waals surface area contributed by atoms with Crippen molar-refractivity contribution in [2.24, 2.45) is 17.3 Å². The summed E-state index contributed by atoms with van der Waals surface area (Å²) >= 11 is 0. The SMILES string of the molecule is Cc1nc2ccc(NC(=O)[C@@H]3[C@H](C(=O)O)C3(C)C)cc2nc1C. The number of carbonyl (C=O) groups is 2. The number of anilines is 1. The lowest BCUT2D eigenvalue weighted by Gasteiger charge is -2.08. The minimum absolute atomic E-state index is 0.265. The molecular weight excluding hydrogens is 294 g/mol. The van der Waals surface area contributed by atoms with Crippen molar-refractivity contribution in [3.8, 4) is 0 Å². The Morgan fingerprint density at radius 2 is 1.70 bits per heavy atom. The number of hydrogen-bond donors (Lipinski definition) is 2. The molecule has 23 heavy (non-hydrogen) atoms. The molecule has 0 bridgehead atoms. The number of aromatic nitrogens is 2. The van der Waals surface area contributed by atoms with E-state index in [2.05, 4.69) is 15.3 Å². The first kappa shape index (κ1) is 15.4. The quantitative estimate of drug-likeness (QED) is 0.908. The number of carboxylic acids is 1. The monoisotopic (exact) mass is 313 g/mol. The summed E-state index contributed by atoms with van der Waals surface area (Å²) in [5, 5.41) is 12.0. The van der Waals surface area contributed by atoms with Gasteiger partial charge in [-0.2, -0.15) is 0 Å². The summed E-state index contributed by atoms with van der Waals surface area (Å²) in [6.45, 7) is 7.39. The lowest BCUT2D eigenvalue weighted by molar-refractivity contribution is -0.140. The molecular formula is C17H19N3O3. The Labute approximate surface area is 133 Å². The molecule has 0 saturated heterocycles. The Morgan fingerprint density at radius 1 is 1.09 bits per heavy atom. The summed E-state index contributed by atoms with van der Waals surface area (Å²) in [5.74, 6) is -2.33. The molecule has 1 aliphatic carbocycles. The fourth-order valence-electron chi connectivity index (χ4n) is 3.12. The number of rotatable bonds is 3. The number of nitrogens with zero attached hydrogens (tertiary/aromatic N) is 2. The first-order valence-electron chi connectivity index (χ1n) is 7.50. The number of benzene rings is 1. The fourth-order valence-corrected chi connectivity index (χ4v) is 3.12. The highest BCUT2D eigenvalue weighted by molar-refractivity contribution is 6.00. The maximum atomic E-state index is 12.4. The highest BCUT2D eigenvalue weighted by Crippen LogP contribution is 2.58. The van der Waals surface area contributed by atoms with Gasteiger partial charge in [0.15, 0.2) is 0 Å². The van der Waals surface area contributed by atoms with Crippen LogP contribution in [-0.4, -0.2) is 27.0 Å². The van der Waals surface area contributed by atoms with Crippen molar-refractivity contribution in [3.05, 3.63) is 29.6 Å². The van der Waals surface area contributed by atoms with E-state index in [1.54, 1.807) is 32.0 Å². The maximum absolute atomic E-state index is 12.4. The van der Waals surface area contributed by atoms with Crippen LogP contribution in [0.15, 0.2) is 18.2 Å². The van der Waals surface area contributed by atoms with Crippen molar-refractivity contribution in [1.29, 1.82) is 0 Å². The van der Waals surface area contributed by atoms with E-state index in [0.29, 0.717) is 11.2 Å². The Morgan fingerprint density at radius 3 is 2.26 bits per heavy atom. The molecule has 1 fully saturated rings. The molecule has 1 aromatic heterocycles. The molecule has 1 aromatic carbocycles. The van der Waals surface area contributed by atoms with E-state index in [9.17, 15) is 14.7 Å². The first-order valence-corrected chi connectivity index (χ1v) is 7.50. The largest absolute Gasteiger partial charge is 0.481 e. The third-order valence-corrected chi connectivity index (χ3v) is 4.72. The summed E-state index contributed by atoms with van der Waals surface area (Å²) in [5.41, 5.74) is 3.28. The summed E-state index contributed by atoms with van der Waals surface area (Å²) in [6, 6.07) is 5.32. The van der Waals surface area contributed by atoms with Gasteiger partial charge in [0.1, 0.15) is 0 Å². The lowest BCUT2D eigenvalue weighted by Crippen LogP contribution is -2.17. The van der Waals surface area contributed by atoms with Crippen molar-refractivity contribution in [1.82, 2.24) is 9.97 Å². The summed E-state index contributed by atoms with van der Waals surface area (Å²) < 4.78 is 0. The predicted octanol–water partition coefficient (Wildman–Crippen LogP) is 2.54. The number of carbonyl (C=O) groups excluding carboxylic acids is 1. The van der Waals surface area contributed by atoms with Crippen LogP contribution in [0, 0.1) is 31.1 Å². The molecule has 2 aromatic rings. The molecule has 1 saturated carbocycles. The molecule has 3 rings (SSSR count). The van der Waals surface area contributed by atoms with Crippen molar-refractivity contribution < 1.29 is 14.7 Å². The number of fused-ring (bicyclic) bond motifs is 1. The third kappa shape index (κ3) is 2.54. The maximum Gasteiger partial charge on any atom is 0.307 e. The summed E-state index contributed by atoms with van der Waals surface area (Å²) in [6.07, 6.45) is 0. The van der Waals surface area contributed by atoms with Crippen LogP contribution in [0.3, 0.4) is 0 Å². The second kappa shape index (κ2) is 5.01. The zero-order valence-corrected chi connectivity index (χ0v) is 13.5. The normalized spacial score (nSPS) is 21.9. The van der Waals surface area contributed by atoms with Gasteiger partial charge in [0.25, 0.3) is 0 Å². The molecule has 0 spiro atoms. The molecule has 0 radical (unpaired) electrons. The molecule has 1 aliphatic rings. The smallest absolute Gasteiger partial charge is 0.307 e. The number of aryl methyl sites for hydroxylation is 2. The van der Waals surface area contributed by atoms with Crippen LogP contribution in [0.4, 0.5) is 5.69 Å². The van der Waals surface area contributed by atoms with Gasteiger partial charge in [-0.3, -0.25) is 9.59 Å². The first-order chi connectivity index (χ1) is 10.7. The second-order valence-electron chi connectivity index (χ2n) is 6.70. The summed E-state index contributed by atoms with van der Waals surface area (Å²) in [4.78, 5) is 32.5. The number of amides is 1. The average Bonchev–Trinajstić information content (AvgIpc) is 3.04. The van der Waals surface area contributed by atoms with Crippen LogP contribution >= 0.6 is 0 Å². The second-order valence-corrected chi connectivity index (χ2v) is 6.70. The van der Waals surface area contributed by atoms with E-state index in [0.717, 1.165) is 16.9 Å². The van der Waals surface area contributed by atoms with Crippen LogP contribution in [0.5, 0.6) is 0 Å². The zero-order valence-electron chi connectivity index (χ0n) is 13.5. The standard InChI is InChI=1S/C17H19N3O3/c1-8-9(2)19-12-7-10(5-6-11(12)18-8)20-15(21)13-14(16(22)23)17(13,3)4/h5-7,13-14H,1-4H3,(H,20,21)(H,22,23)/t13-,14+/m0/s1. The van der Waals surface area contributed by atoms with Gasteiger partial charge in [-0.25, -0.2) is 9.97 Å². The van der Waals surface area contributed by atoms with Gasteiger partial charge in [-0.15, -0.1) is 0 Å². The van der Waals surface area contributed by atoms with Crippen molar-refractivity contribution in [2.45, 2.75) is 27.7 Å². The molecule has 6 nitrogen and oxygen atoms in total. The molecule has 1 amide bonds. The predicted molar refractivity (Wildman–Crippen MR) is 86.0 cm³/mol. The van der Waals surface area contributed by atoms with Crippen molar-refractivity contribution in [3.63, 3.8) is 0 Å². The number of carboxylic acid groups (broad SMARTS) is 1. The molecule has 0 unspecified atom stereocenters. The lowest BCUT2D eigenvalue weighted by atomic mass is 10.1. The van der Waals surface area contributed by atoms with Crippen LogP contribution in [0.1, 0.15) is 25.2 Å². The minimum Gasteiger partial charge on any atom is -0.481 e. The van der Waals surface area contributed by atoms with E-state index < -0.39 is 23.2 Å². The van der Waals surface area contributed by atoms with Crippen LogP contribution in [0.2, 0.25) is 0 Å². The van der Waals surface area contributed by atoms with Gasteiger partial charge in [0.05, 0.1) is 34.3 Å². The third-order valence-electron chi connectivity index (χ3n) is 4.72. The van der Waals surface area contributed by atoms with Gasteiger partial charge in [0.2, 0.25) is 5.91 Å². The van der Waals surface area contributed by atoms with Gasteiger partial charge >= 0.3 is 5.97 Å². The van der Waals surface area contributed by atoms with Gasteiger partial charge < -0.3 is 10.4 Å². The Kier molecular flexibility index (Phi) is 3.35. The molecule has 1 heterocycles. The molecule has 6 heteroatoms. The van der Waals surface area contributed by atoms with Crippen LogP contribution in [-0.2, 0) is 9.59 Å².